The fourth-order valence-corrected chi connectivity index (χ4v) is 2.69. The van der Waals surface area contributed by atoms with E-state index in [1.165, 1.54) is 18.2 Å². The Morgan fingerprint density at radius 2 is 2.08 bits per heavy atom. The Morgan fingerprint density at radius 3 is 2.77 bits per heavy atom. The predicted octanol–water partition coefficient (Wildman–Crippen LogP) is 2.81. The molecule has 0 saturated heterocycles. The number of rotatable bonds is 6. The van der Waals surface area contributed by atoms with Crippen molar-refractivity contribution in [2.24, 2.45) is 7.05 Å². The van der Waals surface area contributed by atoms with Gasteiger partial charge in [0.05, 0.1) is 29.1 Å². The summed E-state index contributed by atoms with van der Waals surface area (Å²) >= 11 is 0. The quantitative estimate of drug-likeness (QED) is 0.542. The summed E-state index contributed by atoms with van der Waals surface area (Å²) in [5.41, 5.74) is 1.77. The molecule has 134 valence electrons. The van der Waals surface area contributed by atoms with Crippen LogP contribution in [-0.4, -0.2) is 27.0 Å². The molecule has 1 amide bonds. The molecule has 2 aromatic carbocycles. The number of benzene rings is 2. The van der Waals surface area contributed by atoms with E-state index in [9.17, 15) is 14.9 Å². The molecule has 26 heavy (non-hydrogen) atoms. The molecule has 1 heterocycles. The zero-order chi connectivity index (χ0) is 18.7. The molecular weight excluding hydrogens is 336 g/mol. The summed E-state index contributed by atoms with van der Waals surface area (Å²) in [6, 6.07) is 11.8. The fraction of sp³-hybridized carbons (Fsp3) is 0.222. The third-order valence-electron chi connectivity index (χ3n) is 4.00. The van der Waals surface area contributed by atoms with E-state index in [2.05, 4.69) is 10.3 Å². The molecule has 0 radical (unpaired) electrons. The lowest BCUT2D eigenvalue weighted by molar-refractivity contribution is -0.385. The number of nitro groups is 1. The van der Waals surface area contributed by atoms with Gasteiger partial charge in [0.2, 0.25) is 0 Å². The first-order valence-corrected chi connectivity index (χ1v) is 8.11. The van der Waals surface area contributed by atoms with E-state index in [4.69, 9.17) is 4.74 Å². The number of carbonyl (C=O) groups excluding carboxylic acids is 1. The van der Waals surface area contributed by atoms with Gasteiger partial charge in [0.25, 0.3) is 5.91 Å². The van der Waals surface area contributed by atoms with Gasteiger partial charge in [-0.2, -0.15) is 0 Å². The summed E-state index contributed by atoms with van der Waals surface area (Å²) in [7, 11) is 1.87. The molecule has 0 unspecified atom stereocenters. The SMILES string of the molecule is CCOc1ccc(C(=O)NCc2nc3ccccc3n2C)cc1[N+](=O)[O-]. The number of para-hydroxylation sites is 2. The number of ether oxygens (including phenoxy) is 1. The molecule has 0 atom stereocenters. The topological polar surface area (TPSA) is 99.3 Å². The Hall–Kier alpha value is -3.42. The maximum Gasteiger partial charge on any atom is 0.311 e. The van der Waals surface area contributed by atoms with Gasteiger partial charge >= 0.3 is 5.69 Å². The number of fused-ring (bicyclic) bond motifs is 1. The minimum absolute atomic E-state index is 0.143. The van der Waals surface area contributed by atoms with Crippen LogP contribution in [0, 0.1) is 10.1 Å². The number of nitrogens with one attached hydrogen (secondary N) is 1. The Balaban J connectivity index is 1.78. The molecule has 3 rings (SSSR count). The number of carbonyl (C=O) groups is 1. The molecule has 0 aliphatic carbocycles. The van der Waals surface area contributed by atoms with Crippen molar-refractivity contribution < 1.29 is 14.5 Å². The van der Waals surface area contributed by atoms with E-state index in [0.29, 0.717) is 12.4 Å². The standard InChI is InChI=1S/C18H18N4O4/c1-3-26-16-9-8-12(10-15(16)22(24)25)18(23)19-11-17-20-13-6-4-5-7-14(13)21(17)2/h4-10H,3,11H2,1-2H3,(H,19,23). The van der Waals surface area contributed by atoms with Gasteiger partial charge in [0, 0.05) is 18.7 Å². The maximum absolute atomic E-state index is 12.4. The Kier molecular flexibility index (Phi) is 4.83. The lowest BCUT2D eigenvalue weighted by atomic mass is 10.1. The van der Waals surface area contributed by atoms with Crippen molar-refractivity contribution in [3.8, 4) is 5.75 Å². The molecule has 0 aliphatic heterocycles. The molecule has 0 saturated carbocycles. The lowest BCUT2D eigenvalue weighted by Gasteiger charge is -2.08. The normalized spacial score (nSPS) is 10.7. The molecule has 8 heteroatoms. The van der Waals surface area contributed by atoms with Crippen molar-refractivity contribution in [1.29, 1.82) is 0 Å². The van der Waals surface area contributed by atoms with Gasteiger partial charge in [-0.1, -0.05) is 12.1 Å². The Morgan fingerprint density at radius 1 is 1.31 bits per heavy atom. The number of imidazole rings is 1. The molecule has 3 aromatic rings. The average Bonchev–Trinajstić information content (AvgIpc) is 2.96. The number of hydrogen-bond donors (Lipinski definition) is 1. The van der Waals surface area contributed by atoms with Crippen molar-refractivity contribution in [1.82, 2.24) is 14.9 Å². The number of nitrogens with zero attached hydrogens (tertiary/aromatic N) is 3. The first-order chi connectivity index (χ1) is 12.5. The van der Waals surface area contributed by atoms with E-state index >= 15 is 0 Å². The molecule has 0 fully saturated rings. The van der Waals surface area contributed by atoms with Crippen LogP contribution in [0.1, 0.15) is 23.1 Å². The number of aromatic nitrogens is 2. The number of hydrogen-bond acceptors (Lipinski definition) is 5. The maximum atomic E-state index is 12.4. The van der Waals surface area contributed by atoms with Gasteiger partial charge < -0.3 is 14.6 Å². The van der Waals surface area contributed by atoms with E-state index in [1.54, 1.807) is 6.92 Å². The summed E-state index contributed by atoms with van der Waals surface area (Å²) in [5, 5.41) is 13.9. The van der Waals surface area contributed by atoms with Crippen LogP contribution in [0.3, 0.4) is 0 Å². The highest BCUT2D eigenvalue weighted by molar-refractivity contribution is 5.95. The summed E-state index contributed by atoms with van der Waals surface area (Å²) in [6.07, 6.45) is 0. The first-order valence-electron chi connectivity index (χ1n) is 8.11. The van der Waals surface area contributed by atoms with Gasteiger partial charge in [-0.3, -0.25) is 14.9 Å². The van der Waals surface area contributed by atoms with Crippen LogP contribution in [0.25, 0.3) is 11.0 Å². The summed E-state index contributed by atoms with van der Waals surface area (Å²) in [6.45, 7) is 2.26. The van der Waals surface area contributed by atoms with Gasteiger partial charge in [-0.15, -0.1) is 0 Å². The largest absolute Gasteiger partial charge is 0.487 e. The van der Waals surface area contributed by atoms with Crippen LogP contribution >= 0.6 is 0 Å². The van der Waals surface area contributed by atoms with E-state index in [1.807, 2.05) is 35.9 Å². The predicted molar refractivity (Wildman–Crippen MR) is 96.1 cm³/mol. The van der Waals surface area contributed by atoms with Crippen molar-refractivity contribution in [2.75, 3.05) is 6.61 Å². The van der Waals surface area contributed by atoms with Crippen LogP contribution in [-0.2, 0) is 13.6 Å². The highest BCUT2D eigenvalue weighted by Gasteiger charge is 2.19. The van der Waals surface area contributed by atoms with Gasteiger partial charge in [0.1, 0.15) is 5.82 Å². The number of amides is 1. The third kappa shape index (κ3) is 3.34. The van der Waals surface area contributed by atoms with Gasteiger partial charge in [-0.05, 0) is 31.2 Å². The lowest BCUT2D eigenvalue weighted by Crippen LogP contribution is -2.24. The number of aryl methyl sites for hydroxylation is 1. The molecular formula is C18H18N4O4. The van der Waals surface area contributed by atoms with Crippen molar-refractivity contribution in [3.63, 3.8) is 0 Å². The summed E-state index contributed by atoms with van der Waals surface area (Å²) in [5.74, 6) is 0.424. The number of nitro benzene ring substituents is 1. The minimum atomic E-state index is -0.562. The monoisotopic (exact) mass is 354 g/mol. The second-order valence-corrected chi connectivity index (χ2v) is 5.63. The first kappa shape index (κ1) is 17.4. The highest BCUT2D eigenvalue weighted by atomic mass is 16.6. The zero-order valence-electron chi connectivity index (χ0n) is 14.4. The van der Waals surface area contributed by atoms with Crippen LogP contribution in [0.4, 0.5) is 5.69 Å². The summed E-state index contributed by atoms with van der Waals surface area (Å²) in [4.78, 5) is 27.5. The molecule has 1 N–H and O–H groups in total. The molecule has 1 aromatic heterocycles. The molecule has 8 nitrogen and oxygen atoms in total. The smallest absolute Gasteiger partial charge is 0.311 e. The summed E-state index contributed by atoms with van der Waals surface area (Å²) < 4.78 is 7.12. The van der Waals surface area contributed by atoms with E-state index in [-0.39, 0.29) is 23.5 Å². The second-order valence-electron chi connectivity index (χ2n) is 5.63. The van der Waals surface area contributed by atoms with E-state index in [0.717, 1.165) is 11.0 Å². The minimum Gasteiger partial charge on any atom is -0.487 e. The van der Waals surface area contributed by atoms with Crippen LogP contribution < -0.4 is 10.1 Å². The van der Waals surface area contributed by atoms with Gasteiger partial charge in [-0.25, -0.2) is 4.98 Å². The average molecular weight is 354 g/mol. The van der Waals surface area contributed by atoms with Crippen LogP contribution in [0.2, 0.25) is 0 Å². The van der Waals surface area contributed by atoms with Crippen molar-refractivity contribution in [3.05, 3.63) is 64.0 Å². The zero-order valence-corrected chi connectivity index (χ0v) is 14.4. The Bertz CT molecular complexity index is 980. The van der Waals surface area contributed by atoms with Gasteiger partial charge in [0.15, 0.2) is 5.75 Å². The highest BCUT2D eigenvalue weighted by Crippen LogP contribution is 2.28. The van der Waals surface area contributed by atoms with E-state index < -0.39 is 10.8 Å². The fourth-order valence-electron chi connectivity index (χ4n) is 2.69. The van der Waals surface area contributed by atoms with Crippen molar-refractivity contribution >= 4 is 22.6 Å². The second kappa shape index (κ2) is 7.22. The molecule has 0 aliphatic rings. The molecule has 0 bridgehead atoms. The van der Waals surface area contributed by atoms with Crippen LogP contribution in [0.5, 0.6) is 5.75 Å². The third-order valence-corrected chi connectivity index (χ3v) is 4.00. The van der Waals surface area contributed by atoms with Crippen molar-refractivity contribution in [2.45, 2.75) is 13.5 Å². The van der Waals surface area contributed by atoms with Crippen LogP contribution in [0.15, 0.2) is 42.5 Å². The Labute approximate surface area is 149 Å². The molecule has 0 spiro atoms.